The smallest absolute Gasteiger partial charge is 0.340 e. The van der Waals surface area contributed by atoms with E-state index in [9.17, 15) is 9.18 Å². The molecule has 2 fully saturated rings. The molecule has 0 saturated carbocycles. The highest BCUT2D eigenvalue weighted by Crippen LogP contribution is 2.31. The van der Waals surface area contributed by atoms with Crippen molar-refractivity contribution < 1.29 is 4.39 Å². The number of piperidine rings is 1. The first-order chi connectivity index (χ1) is 17.4. The number of hydrogen-bond acceptors (Lipinski definition) is 6. The van der Waals surface area contributed by atoms with E-state index in [4.69, 9.17) is 23.2 Å². The summed E-state index contributed by atoms with van der Waals surface area (Å²) in [6.45, 7) is 7.40. The quantitative estimate of drug-likeness (QED) is 0.494. The van der Waals surface area contributed by atoms with Gasteiger partial charge in [0.1, 0.15) is 11.6 Å². The third-order valence-corrected chi connectivity index (χ3v) is 7.84. The van der Waals surface area contributed by atoms with Crippen molar-refractivity contribution in [3.8, 4) is 11.4 Å². The molecular weight excluding hydrogens is 504 g/mol. The highest BCUT2D eigenvalue weighted by molar-refractivity contribution is 6.33. The Morgan fingerprint density at radius 3 is 2.61 bits per heavy atom. The third kappa shape index (κ3) is 5.44. The van der Waals surface area contributed by atoms with Crippen molar-refractivity contribution in [3.05, 3.63) is 62.4 Å². The van der Waals surface area contributed by atoms with Gasteiger partial charge >= 0.3 is 5.69 Å². The van der Waals surface area contributed by atoms with E-state index in [1.165, 1.54) is 6.07 Å². The third-order valence-electron chi connectivity index (χ3n) is 7.33. The van der Waals surface area contributed by atoms with E-state index in [2.05, 4.69) is 41.8 Å². The number of halogens is 3. The first-order valence-corrected chi connectivity index (χ1v) is 13.1. The summed E-state index contributed by atoms with van der Waals surface area (Å²) in [5.41, 5.74) is 1.00. The van der Waals surface area contributed by atoms with Crippen LogP contribution in [0.4, 0.5) is 10.2 Å². The molecule has 1 aromatic carbocycles. The molecule has 0 bridgehead atoms. The van der Waals surface area contributed by atoms with Gasteiger partial charge in [-0.2, -0.15) is 5.10 Å². The van der Waals surface area contributed by atoms with Crippen LogP contribution in [-0.4, -0.2) is 74.8 Å². The first kappa shape index (κ1) is 25.2. The normalized spacial score (nSPS) is 20.2. The summed E-state index contributed by atoms with van der Waals surface area (Å²) >= 11 is 12.5. The predicted molar refractivity (Wildman–Crippen MR) is 140 cm³/mol. The van der Waals surface area contributed by atoms with Gasteiger partial charge in [0.2, 0.25) is 0 Å². The molecule has 2 aromatic heterocycles. The van der Waals surface area contributed by atoms with Gasteiger partial charge in [-0.05, 0) is 50.6 Å². The number of rotatable bonds is 6. The lowest BCUT2D eigenvalue weighted by Crippen LogP contribution is -2.58. The molecule has 1 unspecified atom stereocenters. The van der Waals surface area contributed by atoms with Crippen molar-refractivity contribution in [2.75, 3.05) is 37.6 Å². The molecule has 3 aromatic rings. The molecule has 192 valence electrons. The molecule has 2 aliphatic rings. The average Bonchev–Trinajstić information content (AvgIpc) is 3.32. The molecule has 11 heteroatoms. The second kappa shape index (κ2) is 10.9. The van der Waals surface area contributed by atoms with Gasteiger partial charge in [0, 0.05) is 60.6 Å². The maximum absolute atomic E-state index is 14.2. The van der Waals surface area contributed by atoms with Gasteiger partial charge in [-0.1, -0.05) is 36.2 Å². The van der Waals surface area contributed by atoms with Gasteiger partial charge in [0.05, 0.1) is 5.02 Å². The van der Waals surface area contributed by atoms with Crippen LogP contribution < -0.4 is 10.6 Å². The summed E-state index contributed by atoms with van der Waals surface area (Å²) in [6.07, 6.45) is 4.87. The Hall–Kier alpha value is -2.46. The first-order valence-electron chi connectivity index (χ1n) is 12.4. The van der Waals surface area contributed by atoms with Crippen LogP contribution >= 0.6 is 23.2 Å². The lowest BCUT2D eigenvalue weighted by molar-refractivity contribution is 0.0607. The zero-order chi connectivity index (χ0) is 25.2. The van der Waals surface area contributed by atoms with Crippen LogP contribution in [0, 0.1) is 5.82 Å². The number of H-pyrrole nitrogens is 2. The highest BCUT2D eigenvalue weighted by Gasteiger charge is 2.34. The summed E-state index contributed by atoms with van der Waals surface area (Å²) in [5, 5.41) is 7.29. The molecule has 36 heavy (non-hydrogen) atoms. The van der Waals surface area contributed by atoms with E-state index in [0.717, 1.165) is 57.8 Å². The molecule has 1 atom stereocenters. The number of nitrogens with one attached hydrogen (secondary N) is 2. The number of piperazine rings is 1. The molecule has 0 amide bonds. The largest absolute Gasteiger partial charge is 0.353 e. The molecule has 0 radical (unpaired) electrons. The fourth-order valence-corrected chi connectivity index (χ4v) is 5.85. The SMILES string of the molecule is CCC1CN(c2ncc(-c3n[nH]c(=O)[nH]3)cc2Cl)CCN1C1CCN(Cc2ccc(Cl)cc2F)CC1. The fourth-order valence-electron chi connectivity index (χ4n) is 5.41. The van der Waals surface area contributed by atoms with Crippen LogP contribution in [-0.2, 0) is 6.54 Å². The molecule has 8 nitrogen and oxygen atoms in total. The minimum absolute atomic E-state index is 0.232. The molecule has 2 aliphatic heterocycles. The second-order valence-electron chi connectivity index (χ2n) is 9.54. The summed E-state index contributed by atoms with van der Waals surface area (Å²) in [5.74, 6) is 0.948. The second-order valence-corrected chi connectivity index (χ2v) is 10.4. The van der Waals surface area contributed by atoms with E-state index >= 15 is 0 Å². The molecule has 5 rings (SSSR count). The molecular formula is C25H30Cl2FN7O. The fraction of sp³-hybridized carbons (Fsp3) is 0.480. The Labute approximate surface area is 219 Å². The molecule has 2 saturated heterocycles. The number of benzene rings is 1. The number of hydrogen-bond donors (Lipinski definition) is 2. The van der Waals surface area contributed by atoms with Crippen molar-refractivity contribution in [2.24, 2.45) is 0 Å². The van der Waals surface area contributed by atoms with Crippen LogP contribution in [0.3, 0.4) is 0 Å². The van der Waals surface area contributed by atoms with Crippen LogP contribution in [0.25, 0.3) is 11.4 Å². The summed E-state index contributed by atoms with van der Waals surface area (Å²) < 4.78 is 14.2. The van der Waals surface area contributed by atoms with E-state index in [1.54, 1.807) is 24.4 Å². The van der Waals surface area contributed by atoms with Crippen molar-refractivity contribution in [2.45, 2.75) is 44.8 Å². The Morgan fingerprint density at radius 2 is 1.94 bits per heavy atom. The Morgan fingerprint density at radius 1 is 1.14 bits per heavy atom. The van der Waals surface area contributed by atoms with Crippen LogP contribution in [0.5, 0.6) is 0 Å². The lowest BCUT2D eigenvalue weighted by Gasteiger charge is -2.47. The van der Waals surface area contributed by atoms with Crippen molar-refractivity contribution >= 4 is 29.0 Å². The van der Waals surface area contributed by atoms with Gasteiger partial charge in [-0.25, -0.2) is 19.3 Å². The molecule has 2 N–H and O–H groups in total. The van der Waals surface area contributed by atoms with E-state index in [-0.39, 0.29) is 11.5 Å². The van der Waals surface area contributed by atoms with E-state index < -0.39 is 0 Å². The van der Waals surface area contributed by atoms with Gasteiger partial charge in [0.15, 0.2) is 5.82 Å². The Balaban J connectivity index is 1.19. The maximum atomic E-state index is 14.2. The highest BCUT2D eigenvalue weighted by atomic mass is 35.5. The Bertz CT molecular complexity index is 1260. The summed E-state index contributed by atoms with van der Waals surface area (Å²) in [6, 6.07) is 7.65. The maximum Gasteiger partial charge on any atom is 0.340 e. The monoisotopic (exact) mass is 533 g/mol. The number of pyridine rings is 1. The van der Waals surface area contributed by atoms with Crippen molar-refractivity contribution in [1.29, 1.82) is 0 Å². The average molecular weight is 534 g/mol. The number of anilines is 1. The van der Waals surface area contributed by atoms with Gasteiger partial charge in [-0.15, -0.1) is 0 Å². The topological polar surface area (TPSA) is 84.1 Å². The van der Waals surface area contributed by atoms with Gasteiger partial charge < -0.3 is 4.90 Å². The number of likely N-dealkylation sites (tertiary alicyclic amines) is 1. The summed E-state index contributed by atoms with van der Waals surface area (Å²) in [4.78, 5) is 25.8. The number of nitrogens with zero attached hydrogens (tertiary/aromatic N) is 5. The molecule has 0 spiro atoms. The molecule has 0 aliphatic carbocycles. The minimum Gasteiger partial charge on any atom is -0.353 e. The Kier molecular flexibility index (Phi) is 7.62. The minimum atomic E-state index is -0.366. The molecule has 4 heterocycles. The van der Waals surface area contributed by atoms with E-state index in [1.807, 2.05) is 0 Å². The van der Waals surface area contributed by atoms with Gasteiger partial charge in [0.25, 0.3) is 0 Å². The van der Waals surface area contributed by atoms with Crippen LogP contribution in [0.15, 0.2) is 35.3 Å². The van der Waals surface area contributed by atoms with E-state index in [0.29, 0.717) is 45.6 Å². The number of aromatic nitrogens is 4. The summed E-state index contributed by atoms with van der Waals surface area (Å²) in [7, 11) is 0. The predicted octanol–water partition coefficient (Wildman–Crippen LogP) is 4.17. The lowest BCUT2D eigenvalue weighted by atomic mass is 9.97. The zero-order valence-electron chi connectivity index (χ0n) is 20.2. The van der Waals surface area contributed by atoms with Crippen LogP contribution in [0.2, 0.25) is 10.0 Å². The number of aromatic amines is 2. The van der Waals surface area contributed by atoms with Crippen molar-refractivity contribution in [3.63, 3.8) is 0 Å². The van der Waals surface area contributed by atoms with Crippen molar-refractivity contribution in [1.82, 2.24) is 30.0 Å². The zero-order valence-corrected chi connectivity index (χ0v) is 21.7. The van der Waals surface area contributed by atoms with Gasteiger partial charge in [-0.3, -0.25) is 14.8 Å². The van der Waals surface area contributed by atoms with Crippen LogP contribution in [0.1, 0.15) is 31.7 Å². The standard InChI is InChI=1S/C25H30Cl2FN7O/c1-2-19-15-34(24-21(27)11-17(13-29-24)23-30-25(36)32-31-23)9-10-35(19)20-5-7-33(8-6-20)14-16-3-4-18(26)12-22(16)28/h3-4,11-13,19-20H,2,5-10,14-15H2,1H3,(H2,30,31,32,36).